The van der Waals surface area contributed by atoms with E-state index < -0.39 is 16.0 Å². The summed E-state index contributed by atoms with van der Waals surface area (Å²) >= 11 is 10.5. The van der Waals surface area contributed by atoms with Gasteiger partial charge in [0.1, 0.15) is 12.0 Å². The molecular weight excluding hydrogens is 374 g/mol. The van der Waals surface area contributed by atoms with Crippen LogP contribution in [0.2, 0.25) is 0 Å². The smallest absolute Gasteiger partial charge is 0.196 e. The minimum atomic E-state index is -3.55. The van der Waals surface area contributed by atoms with Crippen LogP contribution in [0.5, 0.6) is 0 Å². The Hall–Kier alpha value is -2.03. The van der Waals surface area contributed by atoms with Gasteiger partial charge in [-0.1, -0.05) is 48.0 Å². The second-order valence-electron chi connectivity index (χ2n) is 5.74. The van der Waals surface area contributed by atoms with Crippen LogP contribution in [-0.4, -0.2) is 29.4 Å². The molecule has 0 bridgehead atoms. The van der Waals surface area contributed by atoms with Gasteiger partial charge in [0.15, 0.2) is 20.1 Å². The normalized spacial score (nSPS) is 17.8. The fourth-order valence-corrected chi connectivity index (χ4v) is 4.53. The fraction of sp³-hybridized carbons (Fsp3) is 0.176. The van der Waals surface area contributed by atoms with Crippen LogP contribution in [0.3, 0.4) is 0 Å². The topological polar surface area (TPSA) is 61.4 Å². The zero-order valence-corrected chi connectivity index (χ0v) is 15.9. The Kier molecular flexibility index (Phi) is 5.03. The van der Waals surface area contributed by atoms with E-state index in [4.69, 9.17) is 24.4 Å². The van der Waals surface area contributed by atoms with Crippen LogP contribution >= 0.6 is 24.4 Å². The summed E-state index contributed by atoms with van der Waals surface area (Å²) in [7, 11) is -3.55. The molecule has 1 heterocycles. The Morgan fingerprint density at radius 3 is 2.32 bits per heavy atom. The van der Waals surface area contributed by atoms with Gasteiger partial charge in [-0.15, -0.1) is 0 Å². The molecule has 1 aliphatic heterocycles. The summed E-state index contributed by atoms with van der Waals surface area (Å²) in [5, 5.41) is 6.58. The summed E-state index contributed by atoms with van der Waals surface area (Å²) < 4.78 is 25.7. The minimum absolute atomic E-state index is 0.253. The standard InChI is InChI=1S/C17H17N3O2S3/c1-12-7-9-14(10-8-12)25(21,22)11-20-15(13-5-3-2-4-6-13)18-16(23)19-17(20)24/h2-10,15H,11H2,1H3,(H2,18,19,23,24). The first-order chi connectivity index (χ1) is 11.9. The molecule has 0 aromatic heterocycles. The van der Waals surface area contributed by atoms with Crippen molar-refractivity contribution in [1.82, 2.24) is 15.5 Å². The molecule has 1 unspecified atom stereocenters. The van der Waals surface area contributed by atoms with Crippen molar-refractivity contribution in [1.29, 1.82) is 0 Å². The number of rotatable bonds is 4. The molecular formula is C17H17N3O2S3. The predicted octanol–water partition coefficient (Wildman–Crippen LogP) is 2.49. The maximum Gasteiger partial charge on any atom is 0.196 e. The number of sulfone groups is 1. The van der Waals surface area contributed by atoms with E-state index in [0.29, 0.717) is 5.11 Å². The lowest BCUT2D eigenvalue weighted by atomic mass is 10.1. The van der Waals surface area contributed by atoms with Gasteiger partial charge in [0.2, 0.25) is 0 Å². The highest BCUT2D eigenvalue weighted by Crippen LogP contribution is 2.23. The first-order valence-corrected chi connectivity index (χ1v) is 10.1. The Labute approximate surface area is 158 Å². The molecule has 1 atom stereocenters. The van der Waals surface area contributed by atoms with E-state index in [1.54, 1.807) is 29.2 Å². The number of hydrogen-bond donors (Lipinski definition) is 2. The van der Waals surface area contributed by atoms with Crippen LogP contribution < -0.4 is 10.6 Å². The van der Waals surface area contributed by atoms with E-state index >= 15 is 0 Å². The van der Waals surface area contributed by atoms with Crippen LogP contribution in [0.15, 0.2) is 59.5 Å². The van der Waals surface area contributed by atoms with Gasteiger partial charge in [0.25, 0.3) is 0 Å². The Morgan fingerprint density at radius 2 is 1.68 bits per heavy atom. The second-order valence-corrected chi connectivity index (χ2v) is 8.50. The van der Waals surface area contributed by atoms with Gasteiger partial charge in [0, 0.05) is 0 Å². The van der Waals surface area contributed by atoms with E-state index in [0.717, 1.165) is 11.1 Å². The molecule has 1 fully saturated rings. The first-order valence-electron chi connectivity index (χ1n) is 7.59. The second kappa shape index (κ2) is 7.07. The van der Waals surface area contributed by atoms with Gasteiger partial charge in [-0.3, -0.25) is 0 Å². The molecule has 2 aromatic carbocycles. The summed E-state index contributed by atoms with van der Waals surface area (Å²) in [5.74, 6) is -0.253. The summed E-state index contributed by atoms with van der Waals surface area (Å²) in [4.78, 5) is 1.86. The molecule has 3 rings (SSSR count). The molecule has 1 saturated heterocycles. The zero-order valence-electron chi connectivity index (χ0n) is 13.5. The van der Waals surface area contributed by atoms with Crippen molar-refractivity contribution >= 4 is 44.5 Å². The molecule has 2 N–H and O–H groups in total. The van der Waals surface area contributed by atoms with Crippen LogP contribution in [0, 0.1) is 6.92 Å². The van der Waals surface area contributed by atoms with Crippen molar-refractivity contribution in [2.75, 3.05) is 5.88 Å². The summed E-state index contributed by atoms with van der Waals surface area (Å²) in [6.45, 7) is 1.91. The molecule has 5 nitrogen and oxygen atoms in total. The molecule has 0 amide bonds. The maximum absolute atomic E-state index is 12.8. The minimum Gasteiger partial charge on any atom is -0.338 e. The van der Waals surface area contributed by atoms with Gasteiger partial charge in [0.05, 0.1) is 4.90 Å². The number of nitrogens with zero attached hydrogens (tertiary/aromatic N) is 1. The van der Waals surface area contributed by atoms with Crippen LogP contribution in [0.25, 0.3) is 0 Å². The summed E-state index contributed by atoms with van der Waals surface area (Å²) in [6, 6.07) is 16.3. The molecule has 8 heteroatoms. The van der Waals surface area contributed by atoms with Crippen molar-refractivity contribution in [3.8, 4) is 0 Å². The lowest BCUT2D eigenvalue weighted by Crippen LogP contribution is -2.59. The first kappa shape index (κ1) is 17.8. The molecule has 1 aliphatic rings. The molecule has 130 valence electrons. The van der Waals surface area contributed by atoms with Crippen molar-refractivity contribution in [2.24, 2.45) is 0 Å². The molecule has 0 saturated carbocycles. The quantitative estimate of drug-likeness (QED) is 0.777. The molecule has 2 aromatic rings. The molecule has 0 aliphatic carbocycles. The predicted molar refractivity (Wildman–Crippen MR) is 106 cm³/mol. The van der Waals surface area contributed by atoms with Crippen molar-refractivity contribution in [2.45, 2.75) is 18.0 Å². The van der Waals surface area contributed by atoms with Crippen LogP contribution in [0.4, 0.5) is 0 Å². The van der Waals surface area contributed by atoms with Gasteiger partial charge < -0.3 is 15.5 Å². The fourth-order valence-electron chi connectivity index (χ4n) is 2.56. The van der Waals surface area contributed by atoms with Crippen molar-refractivity contribution in [3.63, 3.8) is 0 Å². The third kappa shape index (κ3) is 3.97. The Balaban J connectivity index is 1.93. The SMILES string of the molecule is Cc1ccc(S(=O)(=O)CN2C(=S)NC(=S)NC2c2ccccc2)cc1. The average Bonchev–Trinajstić information content (AvgIpc) is 2.58. The van der Waals surface area contributed by atoms with E-state index in [1.807, 2.05) is 37.3 Å². The molecule has 25 heavy (non-hydrogen) atoms. The number of hydrogen-bond acceptors (Lipinski definition) is 4. The van der Waals surface area contributed by atoms with Gasteiger partial charge in [-0.05, 0) is 49.1 Å². The van der Waals surface area contributed by atoms with Gasteiger partial charge in [-0.2, -0.15) is 0 Å². The largest absolute Gasteiger partial charge is 0.338 e. The summed E-state index contributed by atoms with van der Waals surface area (Å²) in [6.07, 6.45) is -0.442. The molecule has 0 radical (unpaired) electrons. The van der Waals surface area contributed by atoms with E-state index in [-0.39, 0.29) is 15.9 Å². The third-order valence-corrected chi connectivity index (χ3v) is 6.03. The van der Waals surface area contributed by atoms with E-state index in [9.17, 15) is 8.42 Å². The van der Waals surface area contributed by atoms with Gasteiger partial charge in [-0.25, -0.2) is 8.42 Å². The highest BCUT2D eigenvalue weighted by molar-refractivity contribution is 7.91. The highest BCUT2D eigenvalue weighted by Gasteiger charge is 2.32. The Bertz CT molecular complexity index is 896. The van der Waals surface area contributed by atoms with Crippen LogP contribution in [0.1, 0.15) is 17.3 Å². The Morgan fingerprint density at radius 1 is 1.04 bits per heavy atom. The van der Waals surface area contributed by atoms with Crippen molar-refractivity contribution < 1.29 is 8.42 Å². The number of benzene rings is 2. The maximum atomic E-state index is 12.8. The lowest BCUT2D eigenvalue weighted by Gasteiger charge is -2.39. The number of thiocarbonyl (C=S) groups is 2. The summed E-state index contributed by atoms with van der Waals surface area (Å²) in [5.41, 5.74) is 1.89. The average molecular weight is 392 g/mol. The highest BCUT2D eigenvalue weighted by atomic mass is 32.2. The van der Waals surface area contributed by atoms with Gasteiger partial charge >= 0.3 is 0 Å². The van der Waals surface area contributed by atoms with Crippen LogP contribution in [-0.2, 0) is 9.84 Å². The van der Waals surface area contributed by atoms with E-state index in [2.05, 4.69) is 10.6 Å². The third-order valence-electron chi connectivity index (χ3n) is 3.87. The monoisotopic (exact) mass is 391 g/mol. The zero-order chi connectivity index (χ0) is 18.0. The van der Waals surface area contributed by atoms with Crippen molar-refractivity contribution in [3.05, 3.63) is 65.7 Å². The lowest BCUT2D eigenvalue weighted by molar-refractivity contribution is 0.319. The van der Waals surface area contributed by atoms with E-state index in [1.165, 1.54) is 0 Å². The number of nitrogens with one attached hydrogen (secondary N) is 2. The molecule has 0 spiro atoms. The number of aryl methyl sites for hydroxylation is 1.